The van der Waals surface area contributed by atoms with Crippen molar-refractivity contribution in [3.63, 3.8) is 0 Å². The maximum atomic E-state index is 11.8. The zero-order valence-corrected chi connectivity index (χ0v) is 13.2. The van der Waals surface area contributed by atoms with Gasteiger partial charge in [0.2, 0.25) is 0 Å². The van der Waals surface area contributed by atoms with Crippen molar-refractivity contribution in [2.75, 3.05) is 0 Å². The number of nitrogens with one attached hydrogen (secondary N) is 2. The summed E-state index contributed by atoms with van der Waals surface area (Å²) in [6.45, 7) is 0. The first kappa shape index (κ1) is 15.1. The highest BCUT2D eigenvalue weighted by Gasteiger charge is 2.13. The number of rotatable bonds is 3. The van der Waals surface area contributed by atoms with Crippen molar-refractivity contribution in [2.45, 2.75) is 44.6 Å². The highest BCUT2D eigenvalue weighted by Crippen LogP contribution is 2.17. The van der Waals surface area contributed by atoms with Crippen molar-refractivity contribution in [1.29, 1.82) is 0 Å². The summed E-state index contributed by atoms with van der Waals surface area (Å²) < 4.78 is 1.03. The third kappa shape index (κ3) is 5.37. The minimum absolute atomic E-state index is 0.108. The Bertz CT molecular complexity index is 465. The van der Waals surface area contributed by atoms with E-state index in [1.165, 1.54) is 25.7 Å². The van der Waals surface area contributed by atoms with Gasteiger partial charge in [0.1, 0.15) is 0 Å². The number of hydrogen-bond acceptors (Lipinski definition) is 1. The number of urea groups is 1. The van der Waals surface area contributed by atoms with Gasteiger partial charge in [-0.15, -0.1) is 0 Å². The standard InChI is InChI=1S/C16H21BrN2O/c17-14-7-5-6-13(12-14)10-11-18-16(20)19-15-8-3-1-2-4-9-15/h5-7,10-12,15H,1-4,8-9H2,(H2,18,19,20)/b11-10+. The Balaban J connectivity index is 1.76. The first-order valence-corrected chi connectivity index (χ1v) is 8.02. The van der Waals surface area contributed by atoms with E-state index in [9.17, 15) is 4.79 Å². The second kappa shape index (κ2) is 8.10. The fourth-order valence-electron chi connectivity index (χ4n) is 2.47. The molecule has 4 heteroatoms. The summed E-state index contributed by atoms with van der Waals surface area (Å²) in [4.78, 5) is 11.8. The van der Waals surface area contributed by atoms with Crippen LogP contribution in [-0.4, -0.2) is 12.1 Å². The molecular formula is C16H21BrN2O. The third-order valence-electron chi connectivity index (χ3n) is 3.53. The number of carbonyl (C=O) groups excluding carboxylic acids is 1. The zero-order chi connectivity index (χ0) is 14.2. The highest BCUT2D eigenvalue weighted by molar-refractivity contribution is 9.10. The molecule has 0 bridgehead atoms. The summed E-state index contributed by atoms with van der Waals surface area (Å²) in [7, 11) is 0. The largest absolute Gasteiger partial charge is 0.335 e. The molecule has 1 aromatic carbocycles. The zero-order valence-electron chi connectivity index (χ0n) is 11.6. The summed E-state index contributed by atoms with van der Waals surface area (Å²) in [6, 6.07) is 8.16. The maximum absolute atomic E-state index is 11.8. The molecule has 0 atom stereocenters. The Labute approximate surface area is 129 Å². The molecule has 1 aliphatic carbocycles. The highest BCUT2D eigenvalue weighted by atomic mass is 79.9. The van der Waals surface area contributed by atoms with Crippen LogP contribution in [0.3, 0.4) is 0 Å². The minimum atomic E-state index is -0.108. The van der Waals surface area contributed by atoms with E-state index in [1.54, 1.807) is 6.20 Å². The van der Waals surface area contributed by atoms with Crippen molar-refractivity contribution < 1.29 is 4.79 Å². The molecule has 3 nitrogen and oxygen atoms in total. The molecule has 1 saturated carbocycles. The quantitative estimate of drug-likeness (QED) is 0.787. The fourth-order valence-corrected chi connectivity index (χ4v) is 2.89. The van der Waals surface area contributed by atoms with Crippen LogP contribution in [-0.2, 0) is 0 Å². The molecule has 0 unspecified atom stereocenters. The molecule has 0 aromatic heterocycles. The van der Waals surface area contributed by atoms with Crippen LogP contribution in [0.2, 0.25) is 0 Å². The van der Waals surface area contributed by atoms with Crippen molar-refractivity contribution in [3.05, 3.63) is 40.5 Å². The van der Waals surface area contributed by atoms with Gasteiger partial charge in [-0.25, -0.2) is 4.79 Å². The van der Waals surface area contributed by atoms with Crippen LogP contribution in [0.15, 0.2) is 34.9 Å². The van der Waals surface area contributed by atoms with Crippen molar-refractivity contribution in [1.82, 2.24) is 10.6 Å². The van der Waals surface area contributed by atoms with Crippen LogP contribution < -0.4 is 10.6 Å². The average Bonchev–Trinajstić information content (AvgIpc) is 2.67. The molecule has 0 radical (unpaired) electrons. The fraction of sp³-hybridized carbons (Fsp3) is 0.438. The lowest BCUT2D eigenvalue weighted by atomic mass is 10.1. The predicted molar refractivity (Wildman–Crippen MR) is 86.3 cm³/mol. The number of amides is 2. The van der Waals surface area contributed by atoms with Gasteiger partial charge in [0, 0.05) is 16.7 Å². The SMILES string of the molecule is O=C(N/C=C/c1cccc(Br)c1)NC1CCCCCC1. The molecule has 0 spiro atoms. The van der Waals surface area contributed by atoms with E-state index in [-0.39, 0.29) is 6.03 Å². The minimum Gasteiger partial charge on any atom is -0.335 e. The van der Waals surface area contributed by atoms with Crippen LogP contribution in [0.5, 0.6) is 0 Å². The van der Waals surface area contributed by atoms with Crippen LogP contribution in [0.1, 0.15) is 44.1 Å². The van der Waals surface area contributed by atoms with Crippen molar-refractivity contribution in [2.24, 2.45) is 0 Å². The Kier molecular flexibility index (Phi) is 6.12. The van der Waals surface area contributed by atoms with Gasteiger partial charge < -0.3 is 10.6 Å². The molecule has 20 heavy (non-hydrogen) atoms. The van der Waals surface area contributed by atoms with Gasteiger partial charge >= 0.3 is 6.03 Å². The molecular weight excluding hydrogens is 316 g/mol. The molecule has 2 rings (SSSR count). The van der Waals surface area contributed by atoms with Gasteiger partial charge in [-0.2, -0.15) is 0 Å². The Hall–Kier alpha value is -1.29. The van der Waals surface area contributed by atoms with E-state index in [4.69, 9.17) is 0 Å². The first-order valence-electron chi connectivity index (χ1n) is 7.23. The van der Waals surface area contributed by atoms with E-state index in [0.717, 1.165) is 22.9 Å². The first-order chi connectivity index (χ1) is 9.74. The second-order valence-corrected chi connectivity index (χ2v) is 6.11. The topological polar surface area (TPSA) is 41.1 Å². The van der Waals surface area contributed by atoms with Gasteiger partial charge in [0.05, 0.1) is 0 Å². The molecule has 1 fully saturated rings. The summed E-state index contributed by atoms with van der Waals surface area (Å²) in [5, 5.41) is 5.82. The van der Waals surface area contributed by atoms with Crippen LogP contribution in [0, 0.1) is 0 Å². The van der Waals surface area contributed by atoms with Gasteiger partial charge in [0.15, 0.2) is 0 Å². The average molecular weight is 337 g/mol. The van der Waals surface area contributed by atoms with Gasteiger partial charge in [-0.3, -0.25) is 0 Å². The third-order valence-corrected chi connectivity index (χ3v) is 4.02. The maximum Gasteiger partial charge on any atom is 0.318 e. The molecule has 108 valence electrons. The van der Waals surface area contributed by atoms with E-state index in [1.807, 2.05) is 30.3 Å². The monoisotopic (exact) mass is 336 g/mol. The smallest absolute Gasteiger partial charge is 0.318 e. The Morgan fingerprint density at radius 3 is 2.65 bits per heavy atom. The van der Waals surface area contributed by atoms with Crippen LogP contribution in [0.4, 0.5) is 4.79 Å². The summed E-state index contributed by atoms with van der Waals surface area (Å²) in [6.07, 6.45) is 10.8. The molecule has 0 heterocycles. The lowest BCUT2D eigenvalue weighted by molar-refractivity contribution is 0.239. The summed E-state index contributed by atoms with van der Waals surface area (Å²) >= 11 is 3.42. The number of halogens is 1. The van der Waals surface area contributed by atoms with Crippen LogP contribution in [0.25, 0.3) is 6.08 Å². The van der Waals surface area contributed by atoms with E-state index in [0.29, 0.717) is 6.04 Å². The van der Waals surface area contributed by atoms with Gasteiger partial charge in [-0.1, -0.05) is 53.7 Å². The number of carbonyl (C=O) groups is 1. The molecule has 1 aliphatic rings. The van der Waals surface area contributed by atoms with E-state index >= 15 is 0 Å². The van der Waals surface area contributed by atoms with Gasteiger partial charge in [0.25, 0.3) is 0 Å². The molecule has 0 saturated heterocycles. The molecule has 0 aliphatic heterocycles. The number of benzene rings is 1. The normalized spacial score (nSPS) is 16.9. The lowest BCUT2D eigenvalue weighted by Gasteiger charge is -2.15. The molecule has 2 amide bonds. The second-order valence-electron chi connectivity index (χ2n) is 5.19. The van der Waals surface area contributed by atoms with Gasteiger partial charge in [-0.05, 0) is 36.6 Å². The summed E-state index contributed by atoms with van der Waals surface area (Å²) in [5.41, 5.74) is 1.05. The van der Waals surface area contributed by atoms with Crippen LogP contribution >= 0.6 is 15.9 Å². The van der Waals surface area contributed by atoms with E-state index in [2.05, 4.69) is 26.6 Å². The Morgan fingerprint density at radius 2 is 1.95 bits per heavy atom. The molecule has 1 aromatic rings. The molecule has 2 N–H and O–H groups in total. The Morgan fingerprint density at radius 1 is 1.20 bits per heavy atom. The van der Waals surface area contributed by atoms with Crippen molar-refractivity contribution in [3.8, 4) is 0 Å². The lowest BCUT2D eigenvalue weighted by Crippen LogP contribution is -2.39. The van der Waals surface area contributed by atoms with E-state index < -0.39 is 0 Å². The predicted octanol–water partition coefficient (Wildman–Crippen LogP) is 4.44. The summed E-state index contributed by atoms with van der Waals surface area (Å²) in [5.74, 6) is 0. The van der Waals surface area contributed by atoms with Crippen molar-refractivity contribution >= 4 is 28.0 Å². The number of hydrogen-bond donors (Lipinski definition) is 2.